The van der Waals surface area contributed by atoms with Gasteiger partial charge in [-0.25, -0.2) is 9.37 Å². The van der Waals surface area contributed by atoms with Crippen molar-refractivity contribution in [2.24, 2.45) is 11.8 Å². The molecule has 112 valence electrons. The first-order valence-electron chi connectivity index (χ1n) is 7.64. The lowest BCUT2D eigenvalue weighted by atomic mass is 9.78. The van der Waals surface area contributed by atoms with Crippen molar-refractivity contribution in [3.63, 3.8) is 0 Å². The van der Waals surface area contributed by atoms with Crippen LogP contribution in [0.1, 0.15) is 46.5 Å². The first kappa shape index (κ1) is 15.0. The Hall–Kier alpha value is -1.39. The molecule has 1 aliphatic carbocycles. The summed E-state index contributed by atoms with van der Waals surface area (Å²) in [4.78, 5) is 8.18. The number of hydrogen-bond acceptors (Lipinski definition) is 4. The molecule has 1 aliphatic rings. The topological polar surface area (TPSA) is 49.8 Å². The van der Waals surface area contributed by atoms with E-state index >= 15 is 0 Å². The van der Waals surface area contributed by atoms with Gasteiger partial charge in [-0.15, -0.1) is 0 Å². The van der Waals surface area contributed by atoms with Crippen LogP contribution in [-0.4, -0.2) is 22.6 Å². The highest BCUT2D eigenvalue weighted by Crippen LogP contribution is 2.32. The lowest BCUT2D eigenvalue weighted by molar-refractivity contribution is 0.253. The Kier molecular flexibility index (Phi) is 5.15. The smallest absolute Gasteiger partial charge is 0.224 e. The van der Waals surface area contributed by atoms with Crippen LogP contribution in [0.25, 0.3) is 0 Å². The molecule has 0 aromatic carbocycles. The maximum absolute atomic E-state index is 13.9. The van der Waals surface area contributed by atoms with Gasteiger partial charge in [0, 0.05) is 12.6 Å². The number of aromatic nitrogens is 2. The second kappa shape index (κ2) is 6.86. The molecule has 4 nitrogen and oxygen atoms in total. The Morgan fingerprint density at radius 1 is 1.35 bits per heavy atom. The molecular weight excluding hydrogens is 255 g/mol. The van der Waals surface area contributed by atoms with E-state index < -0.39 is 0 Å². The predicted octanol–water partition coefficient (Wildman–Crippen LogP) is 3.67. The fourth-order valence-electron chi connectivity index (χ4n) is 3.02. The van der Waals surface area contributed by atoms with Crippen LogP contribution in [0.5, 0.6) is 0 Å². The average Bonchev–Trinajstić information content (AvgIpc) is 2.43. The van der Waals surface area contributed by atoms with Crippen LogP contribution in [0.2, 0.25) is 0 Å². The molecule has 0 bridgehead atoms. The van der Waals surface area contributed by atoms with Gasteiger partial charge < -0.3 is 10.6 Å². The van der Waals surface area contributed by atoms with Crippen LogP contribution in [0.15, 0.2) is 6.20 Å². The molecule has 0 radical (unpaired) electrons. The van der Waals surface area contributed by atoms with Gasteiger partial charge in [-0.1, -0.05) is 26.7 Å². The van der Waals surface area contributed by atoms with Gasteiger partial charge in [0.05, 0.1) is 6.20 Å². The highest BCUT2D eigenvalue weighted by molar-refractivity contribution is 5.42. The Bertz CT molecular complexity index is 436. The third-order valence-corrected chi connectivity index (χ3v) is 4.08. The van der Waals surface area contributed by atoms with E-state index in [-0.39, 0.29) is 5.82 Å². The highest BCUT2D eigenvalue weighted by atomic mass is 19.1. The molecule has 0 saturated heterocycles. The van der Waals surface area contributed by atoms with Crippen LogP contribution >= 0.6 is 0 Å². The molecule has 1 aromatic rings. The first-order chi connectivity index (χ1) is 9.61. The van der Waals surface area contributed by atoms with Crippen LogP contribution < -0.4 is 10.6 Å². The molecule has 2 unspecified atom stereocenters. The maximum atomic E-state index is 13.9. The standard InChI is InChI=1S/C15H25FN4/c1-4-17-15-18-9-12(16)14(20-15)19-13-8-6-5-7-11(13)10(2)3/h9-11,13H,4-8H2,1-3H3,(H2,17,18,19,20). The minimum Gasteiger partial charge on any atom is -0.364 e. The van der Waals surface area contributed by atoms with Crippen molar-refractivity contribution in [3.8, 4) is 0 Å². The van der Waals surface area contributed by atoms with Gasteiger partial charge in [-0.2, -0.15) is 4.98 Å². The molecule has 2 N–H and O–H groups in total. The maximum Gasteiger partial charge on any atom is 0.224 e. The first-order valence-corrected chi connectivity index (χ1v) is 7.64. The Morgan fingerprint density at radius 2 is 2.10 bits per heavy atom. The van der Waals surface area contributed by atoms with E-state index in [0.29, 0.717) is 29.6 Å². The second-order valence-electron chi connectivity index (χ2n) is 5.86. The summed E-state index contributed by atoms with van der Waals surface area (Å²) >= 11 is 0. The molecule has 1 fully saturated rings. The minimum atomic E-state index is -0.375. The van der Waals surface area contributed by atoms with E-state index in [1.807, 2.05) is 6.92 Å². The third-order valence-electron chi connectivity index (χ3n) is 4.08. The van der Waals surface area contributed by atoms with Crippen LogP contribution in [0.3, 0.4) is 0 Å². The van der Waals surface area contributed by atoms with Crippen LogP contribution in [0.4, 0.5) is 16.2 Å². The van der Waals surface area contributed by atoms with Crippen molar-refractivity contribution in [1.29, 1.82) is 0 Å². The van der Waals surface area contributed by atoms with E-state index in [1.165, 1.54) is 25.5 Å². The molecule has 1 aromatic heterocycles. The summed E-state index contributed by atoms with van der Waals surface area (Å²) in [6.45, 7) is 7.18. The fourth-order valence-corrected chi connectivity index (χ4v) is 3.02. The van der Waals surface area contributed by atoms with Gasteiger partial charge in [0.25, 0.3) is 0 Å². The van der Waals surface area contributed by atoms with Gasteiger partial charge in [0.2, 0.25) is 5.95 Å². The van der Waals surface area contributed by atoms with E-state index in [1.54, 1.807) is 0 Å². The number of nitrogens with one attached hydrogen (secondary N) is 2. The number of anilines is 2. The molecule has 2 rings (SSSR count). The van der Waals surface area contributed by atoms with Gasteiger partial charge in [-0.05, 0) is 31.6 Å². The van der Waals surface area contributed by atoms with Crippen molar-refractivity contribution in [2.45, 2.75) is 52.5 Å². The molecule has 0 amide bonds. The fraction of sp³-hybridized carbons (Fsp3) is 0.733. The number of rotatable bonds is 5. The molecule has 20 heavy (non-hydrogen) atoms. The van der Waals surface area contributed by atoms with E-state index in [4.69, 9.17) is 0 Å². The summed E-state index contributed by atoms with van der Waals surface area (Å²) in [7, 11) is 0. The quantitative estimate of drug-likeness (QED) is 0.864. The SMILES string of the molecule is CCNc1ncc(F)c(NC2CCCCC2C(C)C)n1. The second-order valence-corrected chi connectivity index (χ2v) is 5.86. The van der Waals surface area contributed by atoms with E-state index in [0.717, 1.165) is 13.0 Å². The lowest BCUT2D eigenvalue weighted by Crippen LogP contribution is -2.35. The van der Waals surface area contributed by atoms with Gasteiger partial charge >= 0.3 is 0 Å². The van der Waals surface area contributed by atoms with Crippen LogP contribution in [0, 0.1) is 17.7 Å². The molecule has 5 heteroatoms. The summed E-state index contributed by atoms with van der Waals surface area (Å²) in [6, 6.07) is 0.308. The largest absolute Gasteiger partial charge is 0.364 e. The summed E-state index contributed by atoms with van der Waals surface area (Å²) in [5, 5.41) is 6.33. The number of halogens is 1. The lowest BCUT2D eigenvalue weighted by Gasteiger charge is -2.35. The summed E-state index contributed by atoms with van der Waals surface area (Å²) in [6.07, 6.45) is 6.01. The van der Waals surface area contributed by atoms with Gasteiger partial charge in [-0.3, -0.25) is 0 Å². The van der Waals surface area contributed by atoms with Crippen molar-refractivity contribution in [3.05, 3.63) is 12.0 Å². The Morgan fingerprint density at radius 3 is 2.80 bits per heavy atom. The zero-order valence-electron chi connectivity index (χ0n) is 12.6. The zero-order chi connectivity index (χ0) is 14.5. The molecular formula is C15H25FN4. The van der Waals surface area contributed by atoms with Gasteiger partial charge in [0.15, 0.2) is 11.6 Å². The zero-order valence-corrected chi connectivity index (χ0v) is 12.6. The number of nitrogens with zero attached hydrogens (tertiary/aromatic N) is 2. The van der Waals surface area contributed by atoms with Crippen molar-refractivity contribution < 1.29 is 4.39 Å². The van der Waals surface area contributed by atoms with Crippen molar-refractivity contribution in [2.75, 3.05) is 17.2 Å². The minimum absolute atomic E-state index is 0.308. The van der Waals surface area contributed by atoms with Crippen molar-refractivity contribution in [1.82, 2.24) is 9.97 Å². The summed E-state index contributed by atoms with van der Waals surface area (Å²) < 4.78 is 13.9. The highest BCUT2D eigenvalue weighted by Gasteiger charge is 2.28. The molecule has 2 atom stereocenters. The normalized spacial score (nSPS) is 22.9. The molecule has 1 saturated carbocycles. The molecule has 0 spiro atoms. The summed E-state index contributed by atoms with van der Waals surface area (Å²) in [5.41, 5.74) is 0. The average molecular weight is 280 g/mol. The van der Waals surface area contributed by atoms with Crippen molar-refractivity contribution >= 4 is 11.8 Å². The molecule has 0 aliphatic heterocycles. The monoisotopic (exact) mass is 280 g/mol. The van der Waals surface area contributed by atoms with E-state index in [9.17, 15) is 4.39 Å². The Labute approximate surface area is 120 Å². The van der Waals surface area contributed by atoms with Crippen LogP contribution in [-0.2, 0) is 0 Å². The Balaban J connectivity index is 2.12. The number of hydrogen-bond donors (Lipinski definition) is 2. The third kappa shape index (κ3) is 3.58. The van der Waals surface area contributed by atoms with E-state index in [2.05, 4.69) is 34.4 Å². The molecule has 1 heterocycles. The van der Waals surface area contributed by atoms with Gasteiger partial charge in [0.1, 0.15) is 0 Å². The predicted molar refractivity (Wildman–Crippen MR) is 80.4 cm³/mol. The summed E-state index contributed by atoms with van der Waals surface area (Å²) in [5.74, 6) is 1.62.